The van der Waals surface area contributed by atoms with Crippen LogP contribution < -0.4 is 10.6 Å². The van der Waals surface area contributed by atoms with Crippen molar-refractivity contribution < 1.29 is 14.3 Å². The summed E-state index contributed by atoms with van der Waals surface area (Å²) in [6.07, 6.45) is 4.83. The SMILES string of the molecule is COCCC(CCOC)Nc1cccc(C(=O)NCC2=Cc3ccccc3C2)c1. The number of carbonyl (C=O) groups excluding carboxylic acids is 1. The van der Waals surface area contributed by atoms with Gasteiger partial charge in [0.1, 0.15) is 0 Å². The van der Waals surface area contributed by atoms with Crippen molar-refractivity contribution in [2.75, 3.05) is 39.3 Å². The number of methoxy groups -OCH3 is 2. The topological polar surface area (TPSA) is 59.6 Å². The molecule has 0 heterocycles. The Hall–Kier alpha value is -2.63. The third-order valence-corrected chi connectivity index (χ3v) is 5.14. The summed E-state index contributed by atoms with van der Waals surface area (Å²) in [5.74, 6) is -0.0594. The lowest BCUT2D eigenvalue weighted by atomic mass is 10.1. The first-order valence-corrected chi connectivity index (χ1v) is 10.1. The molecule has 3 rings (SSSR count). The largest absolute Gasteiger partial charge is 0.385 e. The Kier molecular flexibility index (Phi) is 7.85. The van der Waals surface area contributed by atoms with E-state index in [1.165, 1.54) is 16.7 Å². The average molecular weight is 395 g/mol. The molecule has 2 N–H and O–H groups in total. The number of amides is 1. The number of nitrogens with one attached hydrogen (secondary N) is 2. The molecule has 0 radical (unpaired) electrons. The van der Waals surface area contributed by atoms with E-state index in [-0.39, 0.29) is 11.9 Å². The van der Waals surface area contributed by atoms with Crippen LogP contribution in [0.4, 0.5) is 5.69 Å². The number of ether oxygens (including phenoxy) is 2. The van der Waals surface area contributed by atoms with Gasteiger partial charge in [-0.25, -0.2) is 0 Å². The molecule has 0 aromatic heterocycles. The lowest BCUT2D eigenvalue weighted by Crippen LogP contribution is -2.26. The van der Waals surface area contributed by atoms with Gasteiger partial charge in [-0.2, -0.15) is 0 Å². The van der Waals surface area contributed by atoms with Gasteiger partial charge in [0.2, 0.25) is 0 Å². The van der Waals surface area contributed by atoms with Crippen molar-refractivity contribution in [2.45, 2.75) is 25.3 Å². The van der Waals surface area contributed by atoms with Crippen LogP contribution in [0.2, 0.25) is 0 Å². The van der Waals surface area contributed by atoms with E-state index in [9.17, 15) is 4.79 Å². The fourth-order valence-electron chi connectivity index (χ4n) is 3.56. The summed E-state index contributed by atoms with van der Waals surface area (Å²) >= 11 is 0. The number of hydrogen-bond acceptors (Lipinski definition) is 4. The summed E-state index contributed by atoms with van der Waals surface area (Å²) < 4.78 is 10.4. The van der Waals surface area contributed by atoms with Crippen LogP contribution in [-0.4, -0.2) is 45.9 Å². The number of carbonyl (C=O) groups is 1. The lowest BCUT2D eigenvalue weighted by Gasteiger charge is -2.20. The van der Waals surface area contributed by atoms with Gasteiger partial charge < -0.3 is 20.1 Å². The Balaban J connectivity index is 1.56. The summed E-state index contributed by atoms with van der Waals surface area (Å²) in [6.45, 7) is 1.92. The minimum Gasteiger partial charge on any atom is -0.385 e. The smallest absolute Gasteiger partial charge is 0.251 e. The molecule has 5 heteroatoms. The minimum atomic E-state index is -0.0594. The van der Waals surface area contributed by atoms with Crippen LogP contribution in [0.15, 0.2) is 54.1 Å². The van der Waals surface area contributed by atoms with Gasteiger partial charge in [0.25, 0.3) is 5.91 Å². The van der Waals surface area contributed by atoms with Crippen LogP contribution in [0.25, 0.3) is 6.08 Å². The standard InChI is InChI=1S/C24H30N2O3/c1-28-12-10-22(11-13-29-2)26-23-9-5-8-21(16-23)24(27)25-17-18-14-19-6-3-4-7-20(19)15-18/h3-9,14,16,22,26H,10-13,15,17H2,1-2H3,(H,25,27). The van der Waals surface area contributed by atoms with E-state index in [0.29, 0.717) is 25.3 Å². The van der Waals surface area contributed by atoms with Crippen LogP contribution >= 0.6 is 0 Å². The van der Waals surface area contributed by atoms with E-state index in [1.54, 1.807) is 14.2 Å². The average Bonchev–Trinajstić information content (AvgIpc) is 3.17. The molecule has 1 aliphatic carbocycles. The molecule has 2 aromatic rings. The predicted octanol–water partition coefficient (Wildman–Crippen LogP) is 3.91. The van der Waals surface area contributed by atoms with Gasteiger partial charge in [-0.15, -0.1) is 0 Å². The van der Waals surface area contributed by atoms with Crippen molar-refractivity contribution >= 4 is 17.7 Å². The molecule has 0 spiro atoms. The molecule has 0 atom stereocenters. The van der Waals surface area contributed by atoms with E-state index in [0.717, 1.165) is 24.9 Å². The molecule has 1 aliphatic rings. The maximum Gasteiger partial charge on any atom is 0.251 e. The van der Waals surface area contributed by atoms with Gasteiger partial charge in [0.15, 0.2) is 0 Å². The number of anilines is 1. The molecule has 5 nitrogen and oxygen atoms in total. The Morgan fingerprint density at radius 1 is 1.03 bits per heavy atom. The van der Waals surface area contributed by atoms with Crippen molar-refractivity contribution in [3.05, 3.63) is 70.8 Å². The van der Waals surface area contributed by atoms with Crippen molar-refractivity contribution in [3.63, 3.8) is 0 Å². The molecule has 29 heavy (non-hydrogen) atoms. The van der Waals surface area contributed by atoms with E-state index < -0.39 is 0 Å². The first-order valence-electron chi connectivity index (χ1n) is 10.1. The molecule has 0 fully saturated rings. The quantitative estimate of drug-likeness (QED) is 0.607. The summed E-state index contributed by atoms with van der Waals surface area (Å²) in [5.41, 5.74) is 5.39. The Morgan fingerprint density at radius 2 is 1.79 bits per heavy atom. The van der Waals surface area contributed by atoms with Crippen molar-refractivity contribution in [1.82, 2.24) is 5.32 Å². The zero-order valence-electron chi connectivity index (χ0n) is 17.2. The second-order valence-electron chi connectivity index (χ2n) is 7.35. The lowest BCUT2D eigenvalue weighted by molar-refractivity contribution is 0.0957. The molecular formula is C24H30N2O3. The van der Waals surface area contributed by atoms with E-state index in [2.05, 4.69) is 34.9 Å². The predicted molar refractivity (Wildman–Crippen MR) is 117 cm³/mol. The third-order valence-electron chi connectivity index (χ3n) is 5.14. The van der Waals surface area contributed by atoms with Crippen molar-refractivity contribution in [2.24, 2.45) is 0 Å². The molecule has 154 valence electrons. The highest BCUT2D eigenvalue weighted by Crippen LogP contribution is 2.24. The van der Waals surface area contributed by atoms with E-state index in [1.807, 2.05) is 30.3 Å². The van der Waals surface area contributed by atoms with E-state index >= 15 is 0 Å². The molecular weight excluding hydrogens is 364 g/mol. The Morgan fingerprint density at radius 3 is 2.52 bits per heavy atom. The molecule has 0 saturated heterocycles. The molecule has 0 saturated carbocycles. The van der Waals surface area contributed by atoms with Crippen LogP contribution in [0.5, 0.6) is 0 Å². The Bertz CT molecular complexity index is 840. The van der Waals surface area contributed by atoms with Gasteiger partial charge in [-0.3, -0.25) is 4.79 Å². The monoisotopic (exact) mass is 394 g/mol. The van der Waals surface area contributed by atoms with Gasteiger partial charge in [-0.05, 0) is 54.2 Å². The number of fused-ring (bicyclic) bond motifs is 1. The zero-order valence-corrected chi connectivity index (χ0v) is 17.2. The van der Waals surface area contributed by atoms with Crippen LogP contribution in [0.1, 0.15) is 34.3 Å². The molecule has 2 aromatic carbocycles. The highest BCUT2D eigenvalue weighted by molar-refractivity contribution is 5.95. The van der Waals surface area contributed by atoms with Crippen LogP contribution in [0.3, 0.4) is 0 Å². The zero-order chi connectivity index (χ0) is 20.5. The highest BCUT2D eigenvalue weighted by atomic mass is 16.5. The van der Waals surface area contributed by atoms with Gasteiger partial charge in [0, 0.05) is 51.3 Å². The number of hydrogen-bond donors (Lipinski definition) is 2. The summed E-state index contributed by atoms with van der Waals surface area (Å²) in [4.78, 5) is 12.7. The van der Waals surface area contributed by atoms with E-state index in [4.69, 9.17) is 9.47 Å². The second-order valence-corrected chi connectivity index (χ2v) is 7.35. The van der Waals surface area contributed by atoms with Crippen molar-refractivity contribution in [3.8, 4) is 0 Å². The van der Waals surface area contributed by atoms with Crippen LogP contribution in [-0.2, 0) is 15.9 Å². The normalized spacial score (nSPS) is 12.6. The molecule has 0 unspecified atom stereocenters. The highest BCUT2D eigenvalue weighted by Gasteiger charge is 2.14. The first kappa shape index (κ1) is 21.1. The maximum absolute atomic E-state index is 12.7. The summed E-state index contributed by atoms with van der Waals surface area (Å²) in [7, 11) is 3.41. The minimum absolute atomic E-state index is 0.0594. The van der Waals surface area contributed by atoms with Crippen molar-refractivity contribution in [1.29, 1.82) is 0 Å². The molecule has 0 bridgehead atoms. The maximum atomic E-state index is 12.7. The second kappa shape index (κ2) is 10.8. The number of rotatable bonds is 11. The van der Waals surface area contributed by atoms with Gasteiger partial charge in [0.05, 0.1) is 0 Å². The third kappa shape index (κ3) is 6.17. The number of benzene rings is 2. The summed E-state index contributed by atoms with van der Waals surface area (Å²) in [5, 5.41) is 6.55. The fourth-order valence-corrected chi connectivity index (χ4v) is 3.56. The van der Waals surface area contributed by atoms with Gasteiger partial charge in [-0.1, -0.05) is 36.4 Å². The molecule has 0 aliphatic heterocycles. The molecule has 1 amide bonds. The fraction of sp³-hybridized carbons (Fsp3) is 0.375. The van der Waals surface area contributed by atoms with Crippen LogP contribution in [0, 0.1) is 0 Å². The summed E-state index contributed by atoms with van der Waals surface area (Å²) in [6, 6.07) is 16.2. The Labute approximate surface area is 173 Å². The first-order chi connectivity index (χ1) is 14.2. The van der Waals surface area contributed by atoms with Gasteiger partial charge >= 0.3 is 0 Å².